The largest absolute Gasteiger partial charge is 0.236 e. The highest BCUT2D eigenvalue weighted by Gasteiger charge is 2.14. The summed E-state index contributed by atoms with van der Waals surface area (Å²) in [5.41, 5.74) is 4.58. The van der Waals surface area contributed by atoms with Crippen LogP contribution in [-0.2, 0) is 0 Å². The van der Waals surface area contributed by atoms with Gasteiger partial charge in [0.15, 0.2) is 0 Å². The first kappa shape index (κ1) is 14.9. The monoisotopic (exact) mass is 421 g/mol. The lowest BCUT2D eigenvalue weighted by Crippen LogP contribution is -1.84. The quantitative estimate of drug-likeness (QED) is 0.452. The van der Waals surface area contributed by atoms with Crippen LogP contribution in [0.4, 0.5) is 0 Å². The Morgan fingerprint density at radius 2 is 1.67 bits per heavy atom. The van der Waals surface area contributed by atoms with Gasteiger partial charge in [-0.05, 0) is 31.5 Å². The second-order valence-electron chi connectivity index (χ2n) is 4.89. The summed E-state index contributed by atoms with van der Waals surface area (Å²) < 4.78 is 2.17. The van der Waals surface area contributed by atoms with Crippen LogP contribution in [0.15, 0.2) is 51.4 Å². The van der Waals surface area contributed by atoms with Gasteiger partial charge >= 0.3 is 0 Å². The highest BCUT2D eigenvalue weighted by molar-refractivity contribution is 9.11. The first-order valence-corrected chi connectivity index (χ1v) is 8.95. The molecule has 1 heterocycles. The molecule has 0 aliphatic rings. The maximum Gasteiger partial charge on any atom is 0.125 e. The molecule has 0 saturated carbocycles. The van der Waals surface area contributed by atoms with Crippen LogP contribution in [0, 0.1) is 13.8 Å². The number of nitrogens with zero attached hydrogens (tertiary/aromatic N) is 1. The van der Waals surface area contributed by atoms with Crippen LogP contribution in [-0.4, -0.2) is 4.98 Å². The van der Waals surface area contributed by atoms with Crippen molar-refractivity contribution < 1.29 is 0 Å². The average molecular weight is 423 g/mol. The predicted octanol–water partition coefficient (Wildman–Crippen LogP) is 6.62. The van der Waals surface area contributed by atoms with Gasteiger partial charge in [-0.3, -0.25) is 0 Å². The lowest BCUT2D eigenvalue weighted by molar-refractivity contribution is 1.35. The van der Waals surface area contributed by atoms with Gasteiger partial charge in [0, 0.05) is 24.9 Å². The molecule has 0 N–H and O–H groups in total. The van der Waals surface area contributed by atoms with Crippen molar-refractivity contribution in [2.24, 2.45) is 0 Å². The molecule has 4 heteroatoms. The van der Waals surface area contributed by atoms with Crippen LogP contribution >= 0.6 is 43.2 Å². The summed E-state index contributed by atoms with van der Waals surface area (Å²) in [6.07, 6.45) is 0. The van der Waals surface area contributed by atoms with E-state index >= 15 is 0 Å². The molecule has 0 aliphatic carbocycles. The Kier molecular flexibility index (Phi) is 4.29. The summed E-state index contributed by atoms with van der Waals surface area (Å²) in [6.45, 7) is 4.21. The Morgan fingerprint density at radius 3 is 2.38 bits per heavy atom. The number of hydrogen-bond acceptors (Lipinski definition) is 2. The molecule has 0 aliphatic heterocycles. The zero-order valence-corrected chi connectivity index (χ0v) is 15.6. The summed E-state index contributed by atoms with van der Waals surface area (Å²) >= 11 is 8.99. The number of halogens is 2. The summed E-state index contributed by atoms with van der Waals surface area (Å²) in [7, 11) is 0. The second-order valence-corrected chi connectivity index (χ2v) is 7.80. The lowest BCUT2D eigenvalue weighted by atomic mass is 10.1. The van der Waals surface area contributed by atoms with Crippen molar-refractivity contribution in [3.8, 4) is 21.8 Å². The van der Waals surface area contributed by atoms with Gasteiger partial charge in [-0.25, -0.2) is 4.98 Å². The normalized spacial score (nSPS) is 10.9. The third-order valence-electron chi connectivity index (χ3n) is 3.28. The Labute approximate surface area is 145 Å². The van der Waals surface area contributed by atoms with E-state index in [0.29, 0.717) is 0 Å². The van der Waals surface area contributed by atoms with Crippen molar-refractivity contribution in [3.05, 3.63) is 61.9 Å². The molecule has 1 nitrogen and oxygen atoms in total. The number of aryl methyl sites for hydroxylation is 2. The topological polar surface area (TPSA) is 12.9 Å². The molecule has 106 valence electrons. The van der Waals surface area contributed by atoms with Gasteiger partial charge < -0.3 is 0 Å². The number of thiazole rings is 1. The average Bonchev–Trinajstić information content (AvgIpc) is 2.81. The fourth-order valence-electron chi connectivity index (χ4n) is 2.21. The SMILES string of the molecule is Cc1ccc(-c2nc(-c3ccccc3Br)c(C)s2)c(Br)c1. The van der Waals surface area contributed by atoms with E-state index < -0.39 is 0 Å². The molecule has 0 radical (unpaired) electrons. The van der Waals surface area contributed by atoms with Gasteiger partial charge in [0.2, 0.25) is 0 Å². The van der Waals surface area contributed by atoms with Crippen LogP contribution in [0.25, 0.3) is 21.8 Å². The van der Waals surface area contributed by atoms with Gasteiger partial charge in [0.25, 0.3) is 0 Å². The predicted molar refractivity (Wildman–Crippen MR) is 97.9 cm³/mol. The standard InChI is InChI=1S/C17H13Br2NS/c1-10-7-8-13(15(19)9-10)17-20-16(11(2)21-17)12-5-3-4-6-14(12)18/h3-9H,1-2H3. The fourth-order valence-corrected chi connectivity index (χ4v) is 4.46. The number of aromatic nitrogens is 1. The van der Waals surface area contributed by atoms with Crippen LogP contribution in [0.5, 0.6) is 0 Å². The van der Waals surface area contributed by atoms with Crippen LogP contribution in [0.3, 0.4) is 0 Å². The molecule has 0 amide bonds. The van der Waals surface area contributed by atoms with Gasteiger partial charge in [-0.1, -0.05) is 62.2 Å². The van der Waals surface area contributed by atoms with Crippen molar-refractivity contribution in [2.75, 3.05) is 0 Å². The van der Waals surface area contributed by atoms with E-state index in [1.54, 1.807) is 11.3 Å². The van der Waals surface area contributed by atoms with E-state index in [2.05, 4.69) is 76.0 Å². The Bertz CT molecular complexity index is 808. The molecule has 0 saturated heterocycles. The van der Waals surface area contributed by atoms with E-state index in [1.165, 1.54) is 10.4 Å². The van der Waals surface area contributed by atoms with Crippen molar-refractivity contribution in [1.82, 2.24) is 4.98 Å². The minimum atomic E-state index is 1.05. The molecule has 21 heavy (non-hydrogen) atoms. The smallest absolute Gasteiger partial charge is 0.125 e. The van der Waals surface area contributed by atoms with E-state index in [4.69, 9.17) is 4.98 Å². The molecule has 3 rings (SSSR count). The zero-order valence-electron chi connectivity index (χ0n) is 11.7. The molecule has 2 aromatic carbocycles. The molecular formula is C17H13Br2NS. The van der Waals surface area contributed by atoms with E-state index in [9.17, 15) is 0 Å². The first-order chi connectivity index (χ1) is 10.1. The van der Waals surface area contributed by atoms with Gasteiger partial charge in [0.1, 0.15) is 5.01 Å². The molecule has 0 atom stereocenters. The number of benzene rings is 2. The van der Waals surface area contributed by atoms with Crippen LogP contribution < -0.4 is 0 Å². The Morgan fingerprint density at radius 1 is 0.905 bits per heavy atom. The molecule has 0 fully saturated rings. The van der Waals surface area contributed by atoms with Crippen LogP contribution in [0.1, 0.15) is 10.4 Å². The van der Waals surface area contributed by atoms with Gasteiger partial charge in [-0.15, -0.1) is 11.3 Å². The zero-order chi connectivity index (χ0) is 15.0. The van der Waals surface area contributed by atoms with E-state index in [-0.39, 0.29) is 0 Å². The fraction of sp³-hybridized carbons (Fsp3) is 0.118. The highest BCUT2D eigenvalue weighted by atomic mass is 79.9. The van der Waals surface area contributed by atoms with E-state index in [1.807, 2.05) is 12.1 Å². The maximum absolute atomic E-state index is 4.86. The summed E-state index contributed by atoms with van der Waals surface area (Å²) in [4.78, 5) is 6.09. The van der Waals surface area contributed by atoms with Gasteiger partial charge in [-0.2, -0.15) is 0 Å². The second kappa shape index (κ2) is 6.03. The molecule has 0 spiro atoms. The minimum Gasteiger partial charge on any atom is -0.236 e. The van der Waals surface area contributed by atoms with Crippen LogP contribution in [0.2, 0.25) is 0 Å². The molecular weight excluding hydrogens is 410 g/mol. The number of rotatable bonds is 2. The highest BCUT2D eigenvalue weighted by Crippen LogP contribution is 2.38. The molecule has 0 unspecified atom stereocenters. The van der Waals surface area contributed by atoms with Crippen molar-refractivity contribution in [1.29, 1.82) is 0 Å². The Balaban J connectivity index is 2.12. The lowest BCUT2D eigenvalue weighted by Gasteiger charge is -2.02. The molecule has 0 bridgehead atoms. The molecule has 1 aromatic heterocycles. The summed E-state index contributed by atoms with van der Waals surface area (Å²) in [6, 6.07) is 14.6. The van der Waals surface area contributed by atoms with E-state index in [0.717, 1.165) is 30.8 Å². The van der Waals surface area contributed by atoms with Crippen molar-refractivity contribution in [2.45, 2.75) is 13.8 Å². The van der Waals surface area contributed by atoms with Crippen molar-refractivity contribution >= 4 is 43.2 Å². The Hall–Kier alpha value is -0.970. The van der Waals surface area contributed by atoms with Gasteiger partial charge in [0.05, 0.1) is 5.69 Å². The summed E-state index contributed by atoms with van der Waals surface area (Å²) in [5, 5.41) is 1.05. The maximum atomic E-state index is 4.86. The first-order valence-electron chi connectivity index (χ1n) is 6.55. The summed E-state index contributed by atoms with van der Waals surface area (Å²) in [5.74, 6) is 0. The third kappa shape index (κ3) is 2.98. The third-order valence-corrected chi connectivity index (χ3v) is 5.63. The van der Waals surface area contributed by atoms with Crippen molar-refractivity contribution in [3.63, 3.8) is 0 Å². The minimum absolute atomic E-state index is 1.05. The number of hydrogen-bond donors (Lipinski definition) is 0. The molecule has 3 aromatic rings.